The molecule has 2 aromatic carbocycles. The van der Waals surface area contributed by atoms with Crippen LogP contribution < -0.4 is 16.0 Å². The molecule has 0 atom stereocenters. The van der Waals surface area contributed by atoms with Gasteiger partial charge in [0.2, 0.25) is 0 Å². The molecule has 5 nitrogen and oxygen atoms in total. The maximum absolute atomic E-state index is 15.1. The molecule has 234 valence electrons. The molecule has 0 heterocycles. The van der Waals surface area contributed by atoms with Crippen LogP contribution in [0, 0.1) is 5.82 Å². The molecule has 7 heteroatoms. The van der Waals surface area contributed by atoms with Crippen molar-refractivity contribution in [3.05, 3.63) is 113 Å². The van der Waals surface area contributed by atoms with Crippen LogP contribution in [0.3, 0.4) is 0 Å². The molecule has 0 aromatic heterocycles. The topological polar surface area (TPSA) is 66.0 Å². The summed E-state index contributed by atoms with van der Waals surface area (Å²) in [5.74, 6) is 0.295. The average molecular weight is 606 g/mol. The van der Waals surface area contributed by atoms with Gasteiger partial charge in [-0.25, -0.2) is 4.39 Å². The molecule has 0 unspecified atom stereocenters. The van der Waals surface area contributed by atoms with Crippen LogP contribution >= 0.6 is 11.8 Å². The molecule has 43 heavy (non-hydrogen) atoms. The predicted molar refractivity (Wildman–Crippen MR) is 195 cm³/mol. The van der Waals surface area contributed by atoms with Crippen LogP contribution in [0.15, 0.2) is 101 Å². The van der Waals surface area contributed by atoms with Crippen molar-refractivity contribution in [2.75, 3.05) is 24.4 Å². The first-order chi connectivity index (χ1) is 20.6. The van der Waals surface area contributed by atoms with Crippen LogP contribution in [0.1, 0.15) is 64.7 Å². The van der Waals surface area contributed by atoms with Crippen molar-refractivity contribution < 1.29 is 4.39 Å². The Hall–Kier alpha value is -3.84. The van der Waals surface area contributed by atoms with E-state index in [0.29, 0.717) is 48.1 Å². The summed E-state index contributed by atoms with van der Waals surface area (Å²) in [6.45, 7) is 30.2. The van der Waals surface area contributed by atoms with E-state index in [9.17, 15) is 0 Å². The first-order valence-corrected chi connectivity index (χ1v) is 15.5. The number of hydrogen-bond acceptors (Lipinski definition) is 6. The zero-order valence-electron chi connectivity index (χ0n) is 27.3. The van der Waals surface area contributed by atoms with Gasteiger partial charge in [0.1, 0.15) is 5.82 Å². The first kappa shape index (κ1) is 39.2. The lowest BCUT2D eigenvalue weighted by Gasteiger charge is -2.24. The Morgan fingerprint density at radius 2 is 1.74 bits per heavy atom. The molecule has 3 N–H and O–H groups in total. The molecule has 0 fully saturated rings. The van der Waals surface area contributed by atoms with Gasteiger partial charge in [-0.1, -0.05) is 56.8 Å². The van der Waals surface area contributed by atoms with Gasteiger partial charge in [0.25, 0.3) is 0 Å². The highest BCUT2D eigenvalue weighted by atomic mass is 32.2. The zero-order valence-corrected chi connectivity index (χ0v) is 28.2. The number of anilines is 1. The second-order valence-electron chi connectivity index (χ2n) is 9.47. The van der Waals surface area contributed by atoms with E-state index >= 15 is 4.39 Å². The van der Waals surface area contributed by atoms with E-state index in [1.165, 1.54) is 0 Å². The van der Waals surface area contributed by atoms with Gasteiger partial charge in [-0.3, -0.25) is 4.99 Å². The van der Waals surface area contributed by atoms with E-state index in [1.54, 1.807) is 30.0 Å². The Bertz CT molecular complexity index is 1260. The Morgan fingerprint density at radius 1 is 1.12 bits per heavy atom. The first-order valence-electron chi connectivity index (χ1n) is 14.5. The van der Waals surface area contributed by atoms with Gasteiger partial charge in [-0.15, -0.1) is 24.9 Å². The lowest BCUT2D eigenvalue weighted by molar-refractivity contribution is 0.621. The van der Waals surface area contributed by atoms with Crippen LogP contribution in [-0.2, 0) is 6.42 Å². The molecule has 0 aliphatic carbocycles. The molecule has 0 radical (unpaired) electrons. The predicted octanol–water partition coefficient (Wildman–Crippen LogP) is 9.26. The third-order valence-corrected chi connectivity index (χ3v) is 7.34. The van der Waals surface area contributed by atoms with Gasteiger partial charge < -0.3 is 20.9 Å². The van der Waals surface area contributed by atoms with Crippen LogP contribution in [-0.4, -0.2) is 38.9 Å². The Labute approximate surface area is 265 Å². The van der Waals surface area contributed by atoms with Gasteiger partial charge in [0.15, 0.2) is 0 Å². The molecule has 0 aliphatic heterocycles. The third-order valence-electron chi connectivity index (χ3n) is 6.42. The largest absolute Gasteiger partial charge is 0.399 e. The number of allylic oxidation sites excluding steroid dienone is 4. The van der Waals surface area contributed by atoms with Crippen LogP contribution in [0.25, 0.3) is 11.3 Å². The van der Waals surface area contributed by atoms with E-state index in [2.05, 4.69) is 98.5 Å². The number of hydrogen-bond donors (Lipinski definition) is 2. The minimum Gasteiger partial charge on any atom is -0.399 e. The summed E-state index contributed by atoms with van der Waals surface area (Å²) < 4.78 is 15.1. The van der Waals surface area contributed by atoms with Crippen molar-refractivity contribution in [3.63, 3.8) is 0 Å². The average Bonchev–Trinajstić information content (AvgIpc) is 3.01. The van der Waals surface area contributed by atoms with Crippen molar-refractivity contribution in [1.29, 1.82) is 0 Å². The monoisotopic (exact) mass is 605 g/mol. The molecular formula is C36H52FN5S. The number of nitrogens with one attached hydrogen (secondary N) is 1. The van der Waals surface area contributed by atoms with Gasteiger partial charge >= 0.3 is 0 Å². The summed E-state index contributed by atoms with van der Waals surface area (Å²) in [4.78, 5) is 11.4. The van der Waals surface area contributed by atoms with Gasteiger partial charge in [-0.05, 0) is 71.3 Å². The van der Waals surface area contributed by atoms with Crippen molar-refractivity contribution in [3.8, 4) is 0 Å². The van der Waals surface area contributed by atoms with Gasteiger partial charge in [0.05, 0.1) is 11.6 Å². The molecule has 0 bridgehead atoms. The standard InChI is InChI=1S/C32H42FN5S.C2H6.C2H4/c1-9-31(34)29(11-10-18-35-6)28-17-12-25(20-30(28)33)19-23(4)37-21-39-24(5)32(36-7)26-13-15-27(16-14-26)38(8)22(2)3;2*1-2/h9,11-17,20,22,37H,4,6-7,10,18-19,21,34H2,1-3,5,8H3;1-2H3;1-2H2/b29-11+,31-9-,32-24-;;. The fourth-order valence-corrected chi connectivity index (χ4v) is 4.72. The minimum atomic E-state index is -0.316. The highest BCUT2D eigenvalue weighted by molar-refractivity contribution is 8.03. The molecule has 0 spiro atoms. The van der Waals surface area contributed by atoms with Crippen LogP contribution in [0.4, 0.5) is 10.1 Å². The summed E-state index contributed by atoms with van der Waals surface area (Å²) in [7, 11) is 2.09. The number of thioether (sulfide) groups is 1. The van der Waals surface area contributed by atoms with E-state index < -0.39 is 0 Å². The summed E-state index contributed by atoms with van der Waals surface area (Å²) in [5, 5.41) is 3.33. The zero-order chi connectivity index (χ0) is 32.9. The van der Waals surface area contributed by atoms with E-state index in [-0.39, 0.29) is 5.82 Å². The number of halogens is 1. The van der Waals surface area contributed by atoms with E-state index in [4.69, 9.17) is 5.73 Å². The van der Waals surface area contributed by atoms with Crippen LogP contribution in [0.5, 0.6) is 0 Å². The highest BCUT2D eigenvalue weighted by Crippen LogP contribution is 2.29. The smallest absolute Gasteiger partial charge is 0.131 e. The summed E-state index contributed by atoms with van der Waals surface area (Å²) >= 11 is 1.63. The maximum Gasteiger partial charge on any atom is 0.131 e. The second-order valence-corrected chi connectivity index (χ2v) is 10.7. The lowest BCUT2D eigenvalue weighted by Crippen LogP contribution is -2.25. The SMILES string of the molecule is C=C.C=NCC/C=C(/C(N)=C/C)c1ccc(CC(=C)NCS/C(C)=C(\N=C)c2ccc(N(C)C(C)C)cc2)cc1F.CC. The molecule has 0 saturated carbocycles. The minimum absolute atomic E-state index is 0.316. The summed E-state index contributed by atoms with van der Waals surface area (Å²) in [6, 6.07) is 14.0. The normalized spacial score (nSPS) is 11.7. The summed E-state index contributed by atoms with van der Waals surface area (Å²) in [6.07, 6.45) is 4.83. The lowest BCUT2D eigenvalue weighted by atomic mass is 9.98. The van der Waals surface area contributed by atoms with Crippen molar-refractivity contribution in [2.45, 2.75) is 60.4 Å². The molecule has 0 aliphatic rings. The number of nitrogens with two attached hydrogens (primary N) is 1. The number of nitrogens with zero attached hydrogens (tertiary/aromatic N) is 3. The molecule has 2 aromatic rings. The number of rotatable bonds is 15. The fourth-order valence-electron chi connectivity index (χ4n) is 3.91. The molecule has 2 rings (SSSR count). The van der Waals surface area contributed by atoms with Gasteiger partial charge in [0, 0.05) is 64.7 Å². The van der Waals surface area contributed by atoms with E-state index in [0.717, 1.165) is 33.1 Å². The Balaban J connectivity index is 0.00000422. The molecule has 0 amide bonds. The van der Waals surface area contributed by atoms with Crippen molar-refractivity contribution in [1.82, 2.24) is 5.32 Å². The third kappa shape index (κ3) is 12.9. The number of benzene rings is 2. The summed E-state index contributed by atoms with van der Waals surface area (Å²) in [5.41, 5.74) is 12.5. The van der Waals surface area contributed by atoms with Gasteiger partial charge in [-0.2, -0.15) is 0 Å². The van der Waals surface area contributed by atoms with Crippen LogP contribution in [0.2, 0.25) is 0 Å². The van der Waals surface area contributed by atoms with Crippen molar-refractivity contribution >= 4 is 42.2 Å². The fraction of sp³-hybridized carbons (Fsp3) is 0.333. The number of aliphatic imine (C=N–C) groups is 2. The second kappa shape index (κ2) is 21.8. The Kier molecular flexibility index (Phi) is 19.9. The maximum atomic E-state index is 15.1. The Morgan fingerprint density at radius 3 is 2.26 bits per heavy atom. The molecule has 0 saturated heterocycles. The van der Waals surface area contributed by atoms with E-state index in [1.807, 2.05) is 39.8 Å². The van der Waals surface area contributed by atoms with Crippen molar-refractivity contribution in [2.24, 2.45) is 15.7 Å². The quantitative estimate of drug-likeness (QED) is 0.0698. The molecular weight excluding hydrogens is 553 g/mol. The highest BCUT2D eigenvalue weighted by Gasteiger charge is 2.12.